The van der Waals surface area contributed by atoms with Crippen molar-refractivity contribution >= 4 is 35.8 Å². The molecular weight excluding hydrogens is 1380 g/mol. The molecule has 10 aromatic carbocycles. The number of fused-ring (bicyclic) bond motifs is 6. The molecule has 10 aromatic rings. The Kier molecular flexibility index (Phi) is 25.0. The normalized spacial score (nSPS) is 12.9. The van der Waals surface area contributed by atoms with Crippen LogP contribution in [0.3, 0.4) is 0 Å². The summed E-state index contributed by atoms with van der Waals surface area (Å²) < 4.78 is 46.0. The second-order valence-corrected chi connectivity index (χ2v) is 25.9. The molecule has 2 aliphatic heterocycles. The zero-order valence-electron chi connectivity index (χ0n) is 60.8. The van der Waals surface area contributed by atoms with Gasteiger partial charge in [0, 0.05) is 33.4 Å². The average Bonchev–Trinajstić information content (AvgIpc) is 0.761. The highest BCUT2D eigenvalue weighted by Gasteiger charge is 2.34. The topological polar surface area (TPSA) is 338 Å². The van der Waals surface area contributed by atoms with Crippen LogP contribution in [-0.2, 0) is 45.4 Å². The number of benzene rings is 10. The quantitative estimate of drug-likeness (QED) is 0.0268. The zero-order chi connectivity index (χ0) is 77.6. The van der Waals surface area contributed by atoms with Crippen molar-refractivity contribution in [3.8, 4) is 90.9 Å². The summed E-state index contributed by atoms with van der Waals surface area (Å²) in [7, 11) is 0. The fourth-order valence-corrected chi connectivity index (χ4v) is 12.5. The van der Waals surface area contributed by atoms with Crippen LogP contribution in [0.25, 0.3) is 33.4 Å². The monoisotopic (exact) mass is 1470 g/mol. The highest BCUT2D eigenvalue weighted by molar-refractivity contribution is 6.09. The predicted octanol–water partition coefficient (Wildman–Crippen LogP) is 16.7. The lowest BCUT2D eigenvalue weighted by Gasteiger charge is -2.24. The number of carboxylic acids is 2. The van der Waals surface area contributed by atoms with E-state index in [2.05, 4.69) is 0 Å². The number of carbonyl (C=O) groups is 6. The van der Waals surface area contributed by atoms with Crippen LogP contribution in [0.5, 0.6) is 57.5 Å². The lowest BCUT2D eigenvalue weighted by Crippen LogP contribution is -2.16. The third-order valence-electron chi connectivity index (χ3n) is 19.0. The molecule has 0 atom stereocenters. The van der Waals surface area contributed by atoms with E-state index in [1.165, 1.54) is 12.1 Å². The molecule has 8 N–H and O–H groups in total. The van der Waals surface area contributed by atoms with Crippen molar-refractivity contribution in [2.75, 3.05) is 26.4 Å². The summed E-state index contributed by atoms with van der Waals surface area (Å²) in [5.41, 5.74) is 10.7. The molecule has 0 spiro atoms. The maximum Gasteiger partial charge on any atom is 0.339 e. The van der Waals surface area contributed by atoms with E-state index in [-0.39, 0.29) is 50.8 Å². The van der Waals surface area contributed by atoms with Gasteiger partial charge in [-0.25, -0.2) is 28.8 Å². The molecule has 2 aliphatic rings. The lowest BCUT2D eigenvalue weighted by molar-refractivity contribution is 0.0429. The first-order chi connectivity index (χ1) is 51.8. The van der Waals surface area contributed by atoms with Gasteiger partial charge < -0.3 is 78.7 Å². The number of ether oxygens (including phenoxy) is 8. The van der Waals surface area contributed by atoms with E-state index in [1.54, 1.807) is 26.0 Å². The number of carboxylic acid groups (broad SMARTS) is 2. The first-order valence-electron chi connectivity index (χ1n) is 34.7. The van der Waals surface area contributed by atoms with Gasteiger partial charge in [0.1, 0.15) is 49.4 Å². The third kappa shape index (κ3) is 17.4. The summed E-state index contributed by atoms with van der Waals surface area (Å²) in [6, 6.07) is 47.0. The van der Waals surface area contributed by atoms with E-state index in [1.807, 2.05) is 163 Å². The number of phenols is 6. The summed E-state index contributed by atoms with van der Waals surface area (Å²) >= 11 is 0. The molecule has 0 aliphatic carbocycles. The van der Waals surface area contributed by atoms with Gasteiger partial charge in [0.05, 0.1) is 59.8 Å². The number of aromatic carboxylic acids is 2. The Hall–Kier alpha value is -13.0. The molecule has 558 valence electrons. The third-order valence-corrected chi connectivity index (χ3v) is 19.0. The number of aromatic hydroxyl groups is 6. The smallest absolute Gasteiger partial charge is 0.339 e. The summed E-state index contributed by atoms with van der Waals surface area (Å²) in [6.45, 7) is 16.8. The van der Waals surface area contributed by atoms with Gasteiger partial charge in [-0.3, -0.25) is 0 Å². The summed E-state index contributed by atoms with van der Waals surface area (Å²) in [5.74, 6) is -9.07. The number of phenolic OH excluding ortho intramolecular Hbond substituents is 6. The standard InChI is InChI=1S/C36H36O6.C32H30O6.C18H16O10/c1-23-25(3)33-29(19-31(23)41-21-27-13-7-5-8-14-27)35(37)39-17-11-12-18-40-36(38)30-20-32(24(2)26(4)34(30)33)42-22-28-15-9-6-10-16-28;1-19-21(3)29(25(31(33)34)15-27(19)37-17-23-11-7-5-8-12-23)30-22(4)20(2)28(16-26(30)32(35)36)38-18-24-13-9-6-10-14-24;19-9-5-7-11(15(23)13(9)21)12-8(6-10(20)14(22)16(12)24)18(26)28-4-2-1-3-27-17(7)25/h5-10,13-16,19-20H,11-12,17-18,21-22H2,1-4H3;5-16H,17-18H2,1-4H3,(H,33,34)(H,35,36);5-6,19-24H,1-4H2. The van der Waals surface area contributed by atoms with E-state index in [4.69, 9.17) is 37.9 Å². The Morgan fingerprint density at radius 1 is 0.306 bits per heavy atom. The van der Waals surface area contributed by atoms with Gasteiger partial charge in [-0.2, -0.15) is 0 Å². The zero-order valence-corrected chi connectivity index (χ0v) is 60.8. The number of esters is 4. The molecule has 108 heavy (non-hydrogen) atoms. The van der Waals surface area contributed by atoms with Gasteiger partial charge >= 0.3 is 35.8 Å². The molecule has 0 radical (unpaired) electrons. The molecule has 0 fully saturated rings. The van der Waals surface area contributed by atoms with Crippen LogP contribution in [0, 0.1) is 55.4 Å². The number of hydrogen-bond acceptors (Lipinski definition) is 20. The van der Waals surface area contributed by atoms with Crippen LogP contribution in [0.2, 0.25) is 0 Å². The summed E-state index contributed by atoms with van der Waals surface area (Å²) in [5, 5.41) is 80.3. The Morgan fingerprint density at radius 3 is 0.787 bits per heavy atom. The molecule has 0 saturated carbocycles. The second kappa shape index (κ2) is 34.7. The van der Waals surface area contributed by atoms with Crippen molar-refractivity contribution in [3.05, 3.63) is 258 Å². The van der Waals surface area contributed by atoms with Crippen LogP contribution in [0.4, 0.5) is 0 Å². The fraction of sp³-hybridized carbons (Fsp3) is 0.233. The molecule has 0 bridgehead atoms. The lowest BCUT2D eigenvalue weighted by atomic mass is 9.84. The summed E-state index contributed by atoms with van der Waals surface area (Å²) in [6.07, 6.45) is 1.87. The highest BCUT2D eigenvalue weighted by atomic mass is 16.6. The minimum Gasteiger partial charge on any atom is -0.504 e. The number of rotatable bonds is 15. The fourth-order valence-electron chi connectivity index (χ4n) is 12.5. The Labute approximate surface area is 623 Å². The van der Waals surface area contributed by atoms with Crippen molar-refractivity contribution in [1.29, 1.82) is 0 Å². The van der Waals surface area contributed by atoms with Crippen LogP contribution in [0.1, 0.15) is 155 Å². The number of cyclic esters (lactones) is 4. The highest BCUT2D eigenvalue weighted by Crippen LogP contribution is 2.53. The molecule has 12 rings (SSSR count). The van der Waals surface area contributed by atoms with E-state index in [0.717, 1.165) is 67.8 Å². The van der Waals surface area contributed by atoms with E-state index >= 15 is 0 Å². The van der Waals surface area contributed by atoms with Crippen molar-refractivity contribution in [3.63, 3.8) is 0 Å². The minimum atomic E-state index is -1.16. The van der Waals surface area contributed by atoms with Gasteiger partial charge in [-0.05, 0) is 184 Å². The predicted molar refractivity (Wildman–Crippen MR) is 400 cm³/mol. The molecule has 0 amide bonds. The van der Waals surface area contributed by atoms with Crippen molar-refractivity contribution < 1.29 is 108 Å². The second-order valence-electron chi connectivity index (χ2n) is 25.9. The van der Waals surface area contributed by atoms with Gasteiger partial charge in [0.25, 0.3) is 0 Å². The Bertz CT molecular complexity index is 4730. The van der Waals surface area contributed by atoms with Crippen LogP contribution in [-0.4, -0.2) is 103 Å². The van der Waals surface area contributed by atoms with E-state index in [9.17, 15) is 69.6 Å². The van der Waals surface area contributed by atoms with Gasteiger partial charge in [-0.15, -0.1) is 0 Å². The molecule has 0 saturated heterocycles. The molecule has 22 nitrogen and oxygen atoms in total. The summed E-state index contributed by atoms with van der Waals surface area (Å²) in [4.78, 5) is 77.0. The number of hydrogen-bond donors (Lipinski definition) is 8. The molecule has 2 heterocycles. The van der Waals surface area contributed by atoms with Crippen LogP contribution >= 0.6 is 0 Å². The first kappa shape index (κ1) is 77.6. The molecular formula is C86H82O22. The SMILES string of the molecule is Cc1c(OCc2ccccc2)cc(C(=O)O)c(-c2c(C(=O)O)cc(OCc3ccccc3)c(C)c2C)c1C.Cc1c(OCc2ccccc2)cc2c(c1C)-c1c(cc(OCc3ccccc3)c(C)c1C)C(=O)OCCCCOC2=O.O=C1OCCCCOC(=O)c2cc(O)c(O)c(O)c2-c2c1cc(O)c(O)c2O. The Morgan fingerprint density at radius 2 is 0.537 bits per heavy atom. The van der Waals surface area contributed by atoms with Crippen LogP contribution < -0.4 is 18.9 Å². The molecule has 0 aromatic heterocycles. The van der Waals surface area contributed by atoms with Crippen molar-refractivity contribution in [1.82, 2.24) is 0 Å². The number of carbonyl (C=O) groups excluding carboxylic acids is 4. The average molecular weight is 1470 g/mol. The van der Waals surface area contributed by atoms with Crippen LogP contribution in [0.15, 0.2) is 158 Å². The van der Waals surface area contributed by atoms with Crippen molar-refractivity contribution in [2.45, 2.75) is 108 Å². The van der Waals surface area contributed by atoms with Gasteiger partial charge in [0.15, 0.2) is 23.0 Å². The maximum absolute atomic E-state index is 13.6. The molecule has 0 unspecified atom stereocenters. The largest absolute Gasteiger partial charge is 0.504 e. The Balaban J connectivity index is 0.000000176. The maximum atomic E-state index is 13.6. The minimum absolute atomic E-state index is 0.0147. The molecule has 22 heteroatoms. The van der Waals surface area contributed by atoms with Gasteiger partial charge in [-0.1, -0.05) is 121 Å². The van der Waals surface area contributed by atoms with E-state index in [0.29, 0.717) is 106 Å². The first-order valence-corrected chi connectivity index (χ1v) is 34.7. The van der Waals surface area contributed by atoms with Gasteiger partial charge in [0.2, 0.25) is 11.5 Å². The van der Waals surface area contributed by atoms with E-state index < -0.39 is 92.6 Å². The van der Waals surface area contributed by atoms with Crippen molar-refractivity contribution in [2.24, 2.45) is 0 Å².